The molecule has 6 heteroatoms. The van der Waals surface area contributed by atoms with Gasteiger partial charge in [0, 0.05) is 25.2 Å². The number of aliphatic hydroxyl groups excluding tert-OH is 1. The molecule has 106 valence electrons. The molecule has 5 N–H and O–H groups in total. The Morgan fingerprint density at radius 2 is 2.21 bits per heavy atom. The number of rotatable bonds is 7. The second kappa shape index (κ2) is 7.60. The van der Waals surface area contributed by atoms with Crippen molar-refractivity contribution >= 4 is 6.03 Å². The molecule has 0 aromatic heterocycles. The van der Waals surface area contributed by atoms with Crippen LogP contribution in [0.5, 0.6) is 5.75 Å². The second-order valence-corrected chi connectivity index (χ2v) is 4.26. The van der Waals surface area contributed by atoms with Gasteiger partial charge in [0.2, 0.25) is 0 Å². The molecule has 0 heterocycles. The number of nitrogens with two attached hydrogens (primary N) is 1. The maximum absolute atomic E-state index is 10.5. The maximum atomic E-state index is 10.5. The lowest BCUT2D eigenvalue weighted by Crippen LogP contribution is -2.36. The van der Waals surface area contributed by atoms with Crippen LogP contribution >= 0.6 is 0 Å². The fraction of sp³-hybridized carbons (Fsp3) is 0.462. The van der Waals surface area contributed by atoms with Gasteiger partial charge in [-0.3, -0.25) is 0 Å². The molecule has 0 bridgehead atoms. The van der Waals surface area contributed by atoms with E-state index < -0.39 is 12.1 Å². The highest BCUT2D eigenvalue weighted by atomic mass is 16.5. The quantitative estimate of drug-likeness (QED) is 0.534. The first-order valence-corrected chi connectivity index (χ1v) is 6.11. The van der Waals surface area contributed by atoms with Crippen LogP contribution in [-0.4, -0.2) is 37.9 Å². The van der Waals surface area contributed by atoms with Crippen molar-refractivity contribution in [2.45, 2.75) is 13.0 Å². The van der Waals surface area contributed by atoms with Crippen LogP contribution in [0.25, 0.3) is 0 Å². The fourth-order valence-corrected chi connectivity index (χ4v) is 1.74. The number of carbonyl (C=O) groups is 1. The summed E-state index contributed by atoms with van der Waals surface area (Å²) in [6.07, 6.45) is -0.663. The number of hydrogen-bond acceptors (Lipinski definition) is 4. The number of ether oxygens (including phenoxy) is 1. The Bertz CT molecular complexity index is 424. The molecule has 19 heavy (non-hydrogen) atoms. The average molecular weight is 267 g/mol. The van der Waals surface area contributed by atoms with Crippen molar-refractivity contribution in [2.24, 2.45) is 5.73 Å². The summed E-state index contributed by atoms with van der Waals surface area (Å²) in [4.78, 5) is 10.5. The van der Waals surface area contributed by atoms with Crippen LogP contribution in [0, 0.1) is 6.92 Å². The van der Waals surface area contributed by atoms with Crippen LogP contribution in [0.3, 0.4) is 0 Å². The molecule has 0 aliphatic heterocycles. The number of urea groups is 1. The van der Waals surface area contributed by atoms with Gasteiger partial charge in [0.05, 0.1) is 13.2 Å². The van der Waals surface area contributed by atoms with Gasteiger partial charge in [-0.15, -0.1) is 0 Å². The third-order valence-electron chi connectivity index (χ3n) is 2.68. The molecule has 0 radical (unpaired) electrons. The SMILES string of the molecule is COc1ccc(C)cc1C(O)CNCCNC(N)=O. The number of methoxy groups -OCH3 is 1. The molecule has 1 atom stereocenters. The zero-order valence-corrected chi connectivity index (χ0v) is 11.3. The van der Waals surface area contributed by atoms with E-state index in [-0.39, 0.29) is 0 Å². The summed E-state index contributed by atoms with van der Waals surface area (Å²) in [5.74, 6) is 0.662. The van der Waals surface area contributed by atoms with Gasteiger partial charge in [0.1, 0.15) is 5.75 Å². The number of primary amides is 1. The van der Waals surface area contributed by atoms with Crippen LogP contribution < -0.4 is 21.1 Å². The van der Waals surface area contributed by atoms with Crippen molar-refractivity contribution in [2.75, 3.05) is 26.7 Å². The highest BCUT2D eigenvalue weighted by molar-refractivity contribution is 5.71. The van der Waals surface area contributed by atoms with E-state index in [2.05, 4.69) is 10.6 Å². The minimum Gasteiger partial charge on any atom is -0.496 e. The number of amides is 2. The molecule has 0 spiro atoms. The molecule has 0 fully saturated rings. The predicted molar refractivity (Wildman–Crippen MR) is 73.1 cm³/mol. The van der Waals surface area contributed by atoms with Crippen molar-refractivity contribution in [1.29, 1.82) is 0 Å². The summed E-state index contributed by atoms with van der Waals surface area (Å²) in [7, 11) is 1.57. The summed E-state index contributed by atoms with van der Waals surface area (Å²) in [5, 5.41) is 15.6. The number of nitrogens with one attached hydrogen (secondary N) is 2. The van der Waals surface area contributed by atoms with Gasteiger partial charge in [-0.2, -0.15) is 0 Å². The van der Waals surface area contributed by atoms with E-state index in [1.54, 1.807) is 7.11 Å². The first kappa shape index (κ1) is 15.3. The lowest BCUT2D eigenvalue weighted by molar-refractivity contribution is 0.171. The first-order valence-electron chi connectivity index (χ1n) is 6.11. The van der Waals surface area contributed by atoms with E-state index >= 15 is 0 Å². The summed E-state index contributed by atoms with van der Waals surface area (Å²) >= 11 is 0. The van der Waals surface area contributed by atoms with Crippen molar-refractivity contribution in [3.8, 4) is 5.75 Å². The van der Waals surface area contributed by atoms with Crippen molar-refractivity contribution < 1.29 is 14.6 Å². The molecule has 2 amide bonds. The normalized spacial score (nSPS) is 11.9. The van der Waals surface area contributed by atoms with Crippen LogP contribution in [0.2, 0.25) is 0 Å². The molecule has 0 aliphatic carbocycles. The van der Waals surface area contributed by atoms with Gasteiger partial charge >= 0.3 is 6.03 Å². The van der Waals surface area contributed by atoms with Crippen LogP contribution in [-0.2, 0) is 0 Å². The van der Waals surface area contributed by atoms with Gasteiger partial charge in [-0.1, -0.05) is 11.6 Å². The molecule has 1 aromatic rings. The fourth-order valence-electron chi connectivity index (χ4n) is 1.74. The largest absolute Gasteiger partial charge is 0.496 e. The van der Waals surface area contributed by atoms with Gasteiger partial charge in [-0.25, -0.2) is 4.79 Å². The Balaban J connectivity index is 2.46. The van der Waals surface area contributed by atoms with Crippen LogP contribution in [0.1, 0.15) is 17.2 Å². The molecule has 1 unspecified atom stereocenters. The summed E-state index contributed by atoms with van der Waals surface area (Å²) in [5.41, 5.74) is 6.74. The molecular formula is C13H21N3O3. The molecule has 1 aromatic carbocycles. The van der Waals surface area contributed by atoms with E-state index in [9.17, 15) is 9.90 Å². The predicted octanol–water partition coefficient (Wildman–Crippen LogP) is 0.295. The van der Waals surface area contributed by atoms with Gasteiger partial charge in [-0.05, 0) is 19.1 Å². The zero-order valence-electron chi connectivity index (χ0n) is 11.3. The molecular weight excluding hydrogens is 246 g/mol. The van der Waals surface area contributed by atoms with E-state index in [0.29, 0.717) is 25.4 Å². The lowest BCUT2D eigenvalue weighted by Gasteiger charge is -2.16. The Kier molecular flexibility index (Phi) is 6.11. The number of aliphatic hydroxyl groups is 1. The minimum atomic E-state index is -0.663. The Labute approximate surface area is 112 Å². The third kappa shape index (κ3) is 5.15. The third-order valence-corrected chi connectivity index (χ3v) is 2.68. The highest BCUT2D eigenvalue weighted by Crippen LogP contribution is 2.25. The molecule has 6 nitrogen and oxygen atoms in total. The van der Waals surface area contributed by atoms with Crippen molar-refractivity contribution in [1.82, 2.24) is 10.6 Å². The summed E-state index contributed by atoms with van der Waals surface area (Å²) < 4.78 is 5.22. The number of aryl methyl sites for hydroxylation is 1. The minimum absolute atomic E-state index is 0.375. The molecule has 1 rings (SSSR count). The monoisotopic (exact) mass is 267 g/mol. The van der Waals surface area contributed by atoms with Gasteiger partial charge in [0.25, 0.3) is 0 Å². The highest BCUT2D eigenvalue weighted by Gasteiger charge is 2.12. The van der Waals surface area contributed by atoms with Gasteiger partial charge in [0.15, 0.2) is 0 Å². The van der Waals surface area contributed by atoms with Crippen molar-refractivity contribution in [3.63, 3.8) is 0 Å². The molecule has 0 aliphatic rings. The van der Waals surface area contributed by atoms with Gasteiger partial charge < -0.3 is 26.2 Å². The standard InChI is InChI=1S/C13H21N3O3/c1-9-3-4-12(19-2)10(7-9)11(17)8-15-5-6-16-13(14)18/h3-4,7,11,15,17H,5-6,8H2,1-2H3,(H3,14,16,18). The smallest absolute Gasteiger partial charge is 0.312 e. The van der Waals surface area contributed by atoms with E-state index in [1.807, 2.05) is 25.1 Å². The van der Waals surface area contributed by atoms with Crippen molar-refractivity contribution in [3.05, 3.63) is 29.3 Å². The molecule has 0 saturated carbocycles. The second-order valence-electron chi connectivity index (χ2n) is 4.26. The molecule has 0 saturated heterocycles. The average Bonchev–Trinajstić information content (AvgIpc) is 2.37. The zero-order chi connectivity index (χ0) is 14.3. The Morgan fingerprint density at radius 1 is 1.47 bits per heavy atom. The van der Waals surface area contributed by atoms with Crippen LogP contribution in [0.4, 0.5) is 4.79 Å². The Morgan fingerprint density at radius 3 is 2.84 bits per heavy atom. The topological polar surface area (TPSA) is 96.6 Å². The van der Waals surface area contributed by atoms with Crippen LogP contribution in [0.15, 0.2) is 18.2 Å². The first-order chi connectivity index (χ1) is 9.04. The number of hydrogen-bond donors (Lipinski definition) is 4. The van der Waals surface area contributed by atoms with E-state index in [1.165, 1.54) is 0 Å². The Hall–Kier alpha value is -1.79. The number of benzene rings is 1. The maximum Gasteiger partial charge on any atom is 0.312 e. The lowest BCUT2D eigenvalue weighted by atomic mass is 10.1. The summed E-state index contributed by atoms with van der Waals surface area (Å²) in [6, 6.07) is 5.11. The van der Waals surface area contributed by atoms with E-state index in [4.69, 9.17) is 10.5 Å². The number of carbonyl (C=O) groups excluding carboxylic acids is 1. The summed E-state index contributed by atoms with van der Waals surface area (Å²) in [6.45, 7) is 3.29. The van der Waals surface area contributed by atoms with E-state index in [0.717, 1.165) is 11.1 Å².